The minimum Gasteiger partial charge on any atom is -0.419 e. The van der Waals surface area contributed by atoms with Crippen LogP contribution in [0, 0.1) is 13.8 Å². The van der Waals surface area contributed by atoms with Crippen LogP contribution in [0.1, 0.15) is 23.4 Å². The fourth-order valence-corrected chi connectivity index (χ4v) is 3.59. The first-order valence-electron chi connectivity index (χ1n) is 9.94. The van der Waals surface area contributed by atoms with Crippen molar-refractivity contribution in [3.63, 3.8) is 0 Å². The maximum absolute atomic E-state index is 12.6. The zero-order valence-electron chi connectivity index (χ0n) is 16.8. The highest BCUT2D eigenvalue weighted by Crippen LogP contribution is 2.24. The zero-order chi connectivity index (χ0) is 20.2. The molecule has 0 radical (unpaired) electrons. The maximum Gasteiger partial charge on any atom is 0.266 e. The van der Waals surface area contributed by atoms with Crippen molar-refractivity contribution >= 4 is 11.6 Å². The molecule has 1 aliphatic heterocycles. The molecule has 3 aromatic rings. The third kappa shape index (κ3) is 4.29. The lowest BCUT2D eigenvalue weighted by Crippen LogP contribution is -2.49. The van der Waals surface area contributed by atoms with Gasteiger partial charge in [-0.2, -0.15) is 0 Å². The quantitative estimate of drug-likeness (QED) is 0.665. The lowest BCUT2D eigenvalue weighted by atomic mass is 10.1. The smallest absolute Gasteiger partial charge is 0.266 e. The summed E-state index contributed by atoms with van der Waals surface area (Å²) in [6.07, 6.45) is 2.49. The van der Waals surface area contributed by atoms with Crippen LogP contribution in [-0.4, -0.2) is 52.2 Å². The molecule has 0 N–H and O–H groups in total. The fourth-order valence-electron chi connectivity index (χ4n) is 3.59. The van der Waals surface area contributed by atoms with Gasteiger partial charge in [-0.1, -0.05) is 18.2 Å². The SMILES string of the molecule is Cc1cccc(N2CCN(C(=O)CCc3nnc(-c4ccccn4)o3)CC2)c1C. The molecular weight excluding hydrogens is 366 g/mol. The van der Waals surface area contributed by atoms with Crippen LogP contribution in [-0.2, 0) is 11.2 Å². The third-order valence-corrected chi connectivity index (χ3v) is 5.45. The Hall–Kier alpha value is -3.22. The molecule has 4 rings (SSSR count). The molecule has 0 bridgehead atoms. The molecule has 0 spiro atoms. The van der Waals surface area contributed by atoms with Crippen molar-refractivity contribution in [2.24, 2.45) is 0 Å². The van der Waals surface area contributed by atoms with Crippen molar-refractivity contribution in [1.29, 1.82) is 0 Å². The molecule has 7 heteroatoms. The van der Waals surface area contributed by atoms with Crippen molar-refractivity contribution in [2.45, 2.75) is 26.7 Å². The fraction of sp³-hybridized carbons (Fsp3) is 0.364. The summed E-state index contributed by atoms with van der Waals surface area (Å²) in [7, 11) is 0. The number of pyridine rings is 1. The summed E-state index contributed by atoms with van der Waals surface area (Å²) in [6, 6.07) is 11.9. The van der Waals surface area contributed by atoms with E-state index in [1.807, 2.05) is 23.1 Å². The number of aryl methyl sites for hydroxylation is 2. The third-order valence-electron chi connectivity index (χ3n) is 5.45. The predicted octanol–water partition coefficient (Wildman–Crippen LogP) is 3.03. The monoisotopic (exact) mass is 391 g/mol. The van der Waals surface area contributed by atoms with Crippen molar-refractivity contribution in [1.82, 2.24) is 20.1 Å². The van der Waals surface area contributed by atoms with E-state index in [-0.39, 0.29) is 5.91 Å². The van der Waals surface area contributed by atoms with Gasteiger partial charge in [0, 0.05) is 50.9 Å². The molecule has 0 unspecified atom stereocenters. The summed E-state index contributed by atoms with van der Waals surface area (Å²) in [5.74, 6) is 0.978. The first kappa shape index (κ1) is 19.1. The Balaban J connectivity index is 1.29. The molecule has 1 aliphatic rings. The number of hydrogen-bond donors (Lipinski definition) is 0. The molecular formula is C22H25N5O2. The highest BCUT2D eigenvalue weighted by atomic mass is 16.4. The molecule has 7 nitrogen and oxygen atoms in total. The Morgan fingerprint density at radius 2 is 1.86 bits per heavy atom. The van der Waals surface area contributed by atoms with Gasteiger partial charge in [-0.15, -0.1) is 10.2 Å². The number of benzene rings is 1. The van der Waals surface area contributed by atoms with E-state index in [0.29, 0.717) is 30.3 Å². The summed E-state index contributed by atoms with van der Waals surface area (Å²) in [5, 5.41) is 8.07. The maximum atomic E-state index is 12.6. The highest BCUT2D eigenvalue weighted by Gasteiger charge is 2.22. The van der Waals surface area contributed by atoms with Gasteiger partial charge in [0.1, 0.15) is 5.69 Å². The number of carbonyl (C=O) groups excluding carboxylic acids is 1. The van der Waals surface area contributed by atoms with E-state index in [1.54, 1.807) is 6.20 Å². The van der Waals surface area contributed by atoms with Crippen LogP contribution >= 0.6 is 0 Å². The van der Waals surface area contributed by atoms with Crippen molar-refractivity contribution in [2.75, 3.05) is 31.1 Å². The zero-order valence-corrected chi connectivity index (χ0v) is 16.8. The van der Waals surface area contributed by atoms with Crippen LogP contribution in [0.5, 0.6) is 0 Å². The van der Waals surface area contributed by atoms with Crippen LogP contribution in [0.2, 0.25) is 0 Å². The van der Waals surface area contributed by atoms with Gasteiger partial charge in [-0.25, -0.2) is 0 Å². The molecule has 150 valence electrons. The predicted molar refractivity (Wildman–Crippen MR) is 111 cm³/mol. The molecule has 0 aliphatic carbocycles. The Kier molecular flexibility index (Phi) is 5.55. The van der Waals surface area contributed by atoms with Gasteiger partial charge in [-0.05, 0) is 43.2 Å². The largest absolute Gasteiger partial charge is 0.419 e. The average molecular weight is 391 g/mol. The van der Waals surface area contributed by atoms with Gasteiger partial charge < -0.3 is 14.2 Å². The minimum absolute atomic E-state index is 0.128. The summed E-state index contributed by atoms with van der Waals surface area (Å²) in [5.41, 5.74) is 4.52. The van der Waals surface area contributed by atoms with Gasteiger partial charge in [0.15, 0.2) is 0 Å². The number of hydrogen-bond acceptors (Lipinski definition) is 6. The molecule has 0 atom stereocenters. The standard InChI is InChI=1S/C22H25N5O2/c1-16-6-5-8-19(17(16)2)26-12-14-27(15-13-26)21(28)10-9-20-24-25-22(29-20)18-7-3-4-11-23-18/h3-8,11H,9-10,12-15H2,1-2H3. The average Bonchev–Trinajstić information content (AvgIpc) is 3.24. The van der Waals surface area contributed by atoms with Gasteiger partial charge >= 0.3 is 0 Å². The van der Waals surface area contributed by atoms with Crippen molar-refractivity contribution in [3.8, 4) is 11.6 Å². The van der Waals surface area contributed by atoms with E-state index < -0.39 is 0 Å². The summed E-state index contributed by atoms with van der Waals surface area (Å²) < 4.78 is 5.64. The molecule has 2 aromatic heterocycles. The molecule has 3 heterocycles. The second-order valence-electron chi connectivity index (χ2n) is 7.30. The lowest BCUT2D eigenvalue weighted by molar-refractivity contribution is -0.131. The van der Waals surface area contributed by atoms with Gasteiger partial charge in [-0.3, -0.25) is 9.78 Å². The molecule has 1 aromatic carbocycles. The van der Waals surface area contributed by atoms with E-state index in [0.717, 1.165) is 26.2 Å². The number of anilines is 1. The number of piperazine rings is 1. The molecule has 29 heavy (non-hydrogen) atoms. The second kappa shape index (κ2) is 8.43. The molecule has 1 saturated heterocycles. The van der Waals surface area contributed by atoms with E-state index in [4.69, 9.17) is 4.42 Å². The molecule has 0 saturated carbocycles. The summed E-state index contributed by atoms with van der Waals surface area (Å²) in [6.45, 7) is 7.45. The van der Waals surface area contributed by atoms with Crippen molar-refractivity contribution < 1.29 is 9.21 Å². The topological polar surface area (TPSA) is 75.4 Å². The van der Waals surface area contributed by atoms with Gasteiger partial charge in [0.2, 0.25) is 11.8 Å². The number of amides is 1. The van der Waals surface area contributed by atoms with Gasteiger partial charge in [0.25, 0.3) is 5.89 Å². The number of carbonyl (C=O) groups is 1. The number of rotatable bonds is 5. The number of nitrogens with zero attached hydrogens (tertiary/aromatic N) is 5. The normalized spacial score (nSPS) is 14.3. The Labute approximate surface area is 170 Å². The van der Waals surface area contributed by atoms with Crippen LogP contribution in [0.3, 0.4) is 0 Å². The minimum atomic E-state index is 0.128. The van der Waals surface area contributed by atoms with E-state index in [2.05, 4.69) is 52.1 Å². The number of aromatic nitrogens is 3. The Morgan fingerprint density at radius 3 is 2.62 bits per heavy atom. The molecule has 1 amide bonds. The van der Waals surface area contributed by atoms with Crippen molar-refractivity contribution in [3.05, 3.63) is 59.6 Å². The van der Waals surface area contributed by atoms with Gasteiger partial charge in [0.05, 0.1) is 0 Å². The molecule has 1 fully saturated rings. The van der Waals surface area contributed by atoms with Crippen LogP contribution in [0.4, 0.5) is 5.69 Å². The lowest BCUT2D eigenvalue weighted by Gasteiger charge is -2.37. The van der Waals surface area contributed by atoms with Crippen LogP contribution in [0.15, 0.2) is 47.0 Å². The van der Waals surface area contributed by atoms with E-state index in [1.165, 1.54) is 16.8 Å². The Morgan fingerprint density at radius 1 is 1.03 bits per heavy atom. The summed E-state index contributed by atoms with van der Waals surface area (Å²) >= 11 is 0. The summed E-state index contributed by atoms with van der Waals surface area (Å²) in [4.78, 5) is 21.1. The first-order chi connectivity index (χ1) is 14.1. The van der Waals surface area contributed by atoms with Crippen LogP contribution in [0.25, 0.3) is 11.6 Å². The second-order valence-corrected chi connectivity index (χ2v) is 7.30. The first-order valence-corrected chi connectivity index (χ1v) is 9.94. The highest BCUT2D eigenvalue weighted by molar-refractivity contribution is 5.76. The van der Waals surface area contributed by atoms with Crippen LogP contribution < -0.4 is 4.90 Å². The van der Waals surface area contributed by atoms with E-state index in [9.17, 15) is 4.79 Å². The van der Waals surface area contributed by atoms with E-state index >= 15 is 0 Å². The Bertz CT molecular complexity index is 978.